The molecule has 2 heterocycles. The molecule has 2 rings (SSSR count). The Morgan fingerprint density at radius 1 is 1.58 bits per heavy atom. The summed E-state index contributed by atoms with van der Waals surface area (Å²) in [6, 6.07) is 1.35. The Labute approximate surface area is 162 Å². The van der Waals surface area contributed by atoms with Crippen molar-refractivity contribution in [3.8, 4) is 5.88 Å². The van der Waals surface area contributed by atoms with Crippen molar-refractivity contribution in [2.24, 2.45) is 5.92 Å². The molecule has 0 aromatic carbocycles. The number of carbonyl (C=O) groups excluding carboxylic acids is 2. The normalized spacial score (nSPS) is 21.3. The molecule has 26 heavy (non-hydrogen) atoms. The number of halogens is 1. The van der Waals surface area contributed by atoms with Gasteiger partial charge in [-0.25, -0.2) is 4.98 Å². The molecule has 0 unspecified atom stereocenters. The van der Waals surface area contributed by atoms with Crippen molar-refractivity contribution in [2.75, 3.05) is 26.7 Å². The fraction of sp³-hybridized carbons (Fsp3) is 0.611. The van der Waals surface area contributed by atoms with Gasteiger partial charge in [-0.15, -0.1) is 0 Å². The molecule has 0 bridgehead atoms. The second kappa shape index (κ2) is 8.81. The van der Waals surface area contributed by atoms with E-state index in [0.29, 0.717) is 29.5 Å². The Bertz CT molecular complexity index is 670. The van der Waals surface area contributed by atoms with E-state index in [-0.39, 0.29) is 42.4 Å². The minimum Gasteiger partial charge on any atom is -0.472 e. The molecule has 0 fully saturated rings. The Morgan fingerprint density at radius 2 is 2.27 bits per heavy atom. The van der Waals surface area contributed by atoms with Crippen LogP contribution in [0, 0.1) is 5.92 Å². The van der Waals surface area contributed by atoms with Gasteiger partial charge in [0.25, 0.3) is 5.91 Å². The van der Waals surface area contributed by atoms with Gasteiger partial charge in [-0.2, -0.15) is 0 Å². The summed E-state index contributed by atoms with van der Waals surface area (Å²) in [6.07, 6.45) is 1.69. The standard InChI is InChI=1S/C18H26BrN3O4/c1-5-16(24)21(4)9-15-11(2)8-22(12(3)10-23)18(25)14-6-13(19)7-20-17(14)26-15/h6-7,11-12,15,23H,5,8-10H2,1-4H3/t11-,12-,15-/m1/s1. The Kier molecular flexibility index (Phi) is 7.00. The molecule has 1 aliphatic rings. The van der Waals surface area contributed by atoms with Crippen LogP contribution in [-0.4, -0.2) is 70.6 Å². The number of ether oxygens (including phenoxy) is 1. The van der Waals surface area contributed by atoms with Crippen molar-refractivity contribution >= 4 is 27.7 Å². The van der Waals surface area contributed by atoms with Gasteiger partial charge < -0.3 is 19.6 Å². The number of hydrogen-bond donors (Lipinski definition) is 1. The van der Waals surface area contributed by atoms with E-state index in [4.69, 9.17) is 4.74 Å². The van der Waals surface area contributed by atoms with Crippen LogP contribution in [0.3, 0.4) is 0 Å². The molecule has 0 saturated heterocycles. The Balaban J connectivity index is 2.40. The monoisotopic (exact) mass is 427 g/mol. The number of fused-ring (bicyclic) bond motifs is 1. The maximum atomic E-state index is 13.0. The lowest BCUT2D eigenvalue weighted by atomic mass is 10.00. The summed E-state index contributed by atoms with van der Waals surface area (Å²) in [7, 11) is 1.75. The summed E-state index contributed by atoms with van der Waals surface area (Å²) in [5, 5.41) is 9.57. The highest BCUT2D eigenvalue weighted by Gasteiger charge is 2.34. The molecule has 1 aliphatic heterocycles. The van der Waals surface area contributed by atoms with E-state index in [9.17, 15) is 14.7 Å². The van der Waals surface area contributed by atoms with Crippen molar-refractivity contribution in [3.05, 3.63) is 22.3 Å². The molecule has 0 aliphatic carbocycles. The van der Waals surface area contributed by atoms with Crippen molar-refractivity contribution in [2.45, 2.75) is 39.3 Å². The number of rotatable bonds is 5. The second-order valence-corrected chi connectivity index (χ2v) is 7.67. The van der Waals surface area contributed by atoms with Gasteiger partial charge in [0.05, 0.1) is 19.2 Å². The molecule has 0 spiro atoms. The number of carbonyl (C=O) groups is 2. The van der Waals surface area contributed by atoms with E-state index in [0.717, 1.165) is 0 Å². The average Bonchev–Trinajstić information content (AvgIpc) is 2.63. The fourth-order valence-electron chi connectivity index (χ4n) is 2.94. The first-order valence-electron chi connectivity index (χ1n) is 8.76. The lowest BCUT2D eigenvalue weighted by molar-refractivity contribution is -0.131. The molecule has 3 atom stereocenters. The van der Waals surface area contributed by atoms with Gasteiger partial charge in [0, 0.05) is 36.6 Å². The number of amides is 2. The highest BCUT2D eigenvalue weighted by Crippen LogP contribution is 2.28. The molecular weight excluding hydrogens is 402 g/mol. The zero-order valence-corrected chi connectivity index (χ0v) is 17.2. The van der Waals surface area contributed by atoms with E-state index >= 15 is 0 Å². The van der Waals surface area contributed by atoms with Crippen molar-refractivity contribution in [1.29, 1.82) is 0 Å². The van der Waals surface area contributed by atoms with Crippen molar-refractivity contribution in [1.82, 2.24) is 14.8 Å². The molecule has 144 valence electrons. The third-order valence-electron chi connectivity index (χ3n) is 4.67. The van der Waals surface area contributed by atoms with Gasteiger partial charge in [0.1, 0.15) is 11.7 Å². The lowest BCUT2D eigenvalue weighted by Crippen LogP contribution is -2.50. The quantitative estimate of drug-likeness (QED) is 0.775. The largest absolute Gasteiger partial charge is 0.472 e. The fourth-order valence-corrected chi connectivity index (χ4v) is 3.27. The van der Waals surface area contributed by atoms with Crippen LogP contribution in [0.2, 0.25) is 0 Å². The Morgan fingerprint density at radius 3 is 2.88 bits per heavy atom. The SMILES string of the molecule is CCC(=O)N(C)C[C@H]1Oc2ncc(Br)cc2C(=O)N([C@H](C)CO)C[C@H]1C. The molecule has 1 aromatic rings. The van der Waals surface area contributed by atoms with Gasteiger partial charge in [-0.05, 0) is 28.9 Å². The topological polar surface area (TPSA) is 83.0 Å². The summed E-state index contributed by atoms with van der Waals surface area (Å²) in [4.78, 5) is 32.5. The van der Waals surface area contributed by atoms with Crippen LogP contribution >= 0.6 is 15.9 Å². The van der Waals surface area contributed by atoms with E-state index in [1.54, 1.807) is 36.0 Å². The highest BCUT2D eigenvalue weighted by molar-refractivity contribution is 9.10. The van der Waals surface area contributed by atoms with Gasteiger partial charge in [0.15, 0.2) is 0 Å². The van der Waals surface area contributed by atoms with Crippen LogP contribution in [0.15, 0.2) is 16.7 Å². The number of nitrogens with zero attached hydrogens (tertiary/aromatic N) is 3. The summed E-state index contributed by atoms with van der Waals surface area (Å²) in [5.74, 6) is 0.0167. The van der Waals surface area contributed by atoms with Crippen molar-refractivity contribution in [3.63, 3.8) is 0 Å². The number of aliphatic hydroxyl groups is 1. The molecule has 1 aromatic heterocycles. The van der Waals surface area contributed by atoms with Gasteiger partial charge >= 0.3 is 0 Å². The molecule has 2 amide bonds. The van der Waals surface area contributed by atoms with Crippen LogP contribution in [0.25, 0.3) is 0 Å². The van der Waals surface area contributed by atoms with E-state index < -0.39 is 0 Å². The number of aromatic nitrogens is 1. The Hall–Kier alpha value is -1.67. The number of likely N-dealkylation sites (N-methyl/N-ethyl adjacent to an activating group) is 1. The summed E-state index contributed by atoms with van der Waals surface area (Å²) >= 11 is 3.34. The lowest BCUT2D eigenvalue weighted by Gasteiger charge is -2.37. The molecule has 8 heteroatoms. The minimum atomic E-state index is -0.328. The van der Waals surface area contributed by atoms with Crippen LogP contribution in [0.1, 0.15) is 37.6 Å². The third-order valence-corrected chi connectivity index (χ3v) is 5.10. The van der Waals surface area contributed by atoms with Gasteiger partial charge in [-0.1, -0.05) is 13.8 Å². The molecule has 0 saturated carbocycles. The zero-order chi connectivity index (χ0) is 19.4. The first kappa shape index (κ1) is 20.6. The van der Waals surface area contributed by atoms with E-state index in [1.165, 1.54) is 0 Å². The molecule has 0 radical (unpaired) electrons. The predicted octanol–water partition coefficient (Wildman–Crippen LogP) is 1.93. The summed E-state index contributed by atoms with van der Waals surface area (Å²) < 4.78 is 6.74. The van der Waals surface area contributed by atoms with Gasteiger partial charge in [-0.3, -0.25) is 9.59 Å². The summed E-state index contributed by atoms with van der Waals surface area (Å²) in [5.41, 5.74) is 0.348. The number of pyridine rings is 1. The average molecular weight is 428 g/mol. The van der Waals surface area contributed by atoms with E-state index in [1.807, 2.05) is 13.8 Å². The van der Waals surface area contributed by atoms with Crippen LogP contribution in [0.4, 0.5) is 0 Å². The number of hydrogen-bond acceptors (Lipinski definition) is 5. The molecule has 7 nitrogen and oxygen atoms in total. The van der Waals surface area contributed by atoms with Crippen LogP contribution in [-0.2, 0) is 4.79 Å². The first-order valence-corrected chi connectivity index (χ1v) is 9.55. The first-order chi connectivity index (χ1) is 12.3. The maximum absolute atomic E-state index is 13.0. The smallest absolute Gasteiger partial charge is 0.259 e. The molecular formula is C18H26BrN3O4. The molecule has 1 N–H and O–H groups in total. The maximum Gasteiger partial charge on any atom is 0.259 e. The number of aliphatic hydroxyl groups excluding tert-OH is 1. The van der Waals surface area contributed by atoms with Gasteiger partial charge in [0.2, 0.25) is 11.8 Å². The van der Waals surface area contributed by atoms with E-state index in [2.05, 4.69) is 20.9 Å². The van der Waals surface area contributed by atoms with Crippen LogP contribution < -0.4 is 4.74 Å². The van der Waals surface area contributed by atoms with Crippen molar-refractivity contribution < 1.29 is 19.4 Å². The minimum absolute atomic E-state index is 0.0310. The summed E-state index contributed by atoms with van der Waals surface area (Å²) in [6.45, 7) is 6.29. The third kappa shape index (κ3) is 4.54. The second-order valence-electron chi connectivity index (χ2n) is 6.76. The van der Waals surface area contributed by atoms with Crippen LogP contribution in [0.5, 0.6) is 5.88 Å². The predicted molar refractivity (Wildman–Crippen MR) is 101 cm³/mol. The highest BCUT2D eigenvalue weighted by atomic mass is 79.9. The zero-order valence-electron chi connectivity index (χ0n) is 15.6.